The van der Waals surface area contributed by atoms with E-state index in [0.717, 1.165) is 34.2 Å². The van der Waals surface area contributed by atoms with Crippen molar-refractivity contribution in [1.29, 1.82) is 0 Å². The Morgan fingerprint density at radius 1 is 1.13 bits per heavy atom. The molecule has 0 aliphatic rings. The van der Waals surface area contributed by atoms with Gasteiger partial charge in [-0.3, -0.25) is 4.79 Å². The van der Waals surface area contributed by atoms with Gasteiger partial charge < -0.3 is 9.88 Å². The van der Waals surface area contributed by atoms with E-state index in [4.69, 9.17) is 0 Å². The standard InChI is InChI=1S/C22H23N5OS3/c1-5-16-14(3)29-10-17(16)20-25-26-22(27(20)4)31-12-19(28)24-21-23-18(11-30-21)15-8-6-13(2)7-9-15/h6-11H,5,12H2,1-4H3,(H,23,24,28). The van der Waals surface area contributed by atoms with Crippen LogP contribution in [0.2, 0.25) is 0 Å². The van der Waals surface area contributed by atoms with E-state index in [1.165, 1.54) is 39.1 Å². The zero-order valence-electron chi connectivity index (χ0n) is 17.8. The summed E-state index contributed by atoms with van der Waals surface area (Å²) < 4.78 is 1.96. The Hall–Kier alpha value is -2.49. The smallest absolute Gasteiger partial charge is 0.236 e. The molecule has 0 spiro atoms. The number of benzene rings is 1. The summed E-state index contributed by atoms with van der Waals surface area (Å²) in [5.74, 6) is 0.973. The maximum absolute atomic E-state index is 12.4. The first-order valence-corrected chi connectivity index (χ1v) is 12.6. The first kappa shape index (κ1) is 21.7. The summed E-state index contributed by atoms with van der Waals surface area (Å²) in [6, 6.07) is 8.19. The fraction of sp³-hybridized carbons (Fsp3) is 0.273. The van der Waals surface area contributed by atoms with Gasteiger partial charge in [-0.05, 0) is 25.8 Å². The quantitative estimate of drug-likeness (QED) is 0.358. The van der Waals surface area contributed by atoms with Gasteiger partial charge in [0.15, 0.2) is 16.1 Å². The second-order valence-corrected chi connectivity index (χ2v) is 10.0. The van der Waals surface area contributed by atoms with Crippen LogP contribution < -0.4 is 5.32 Å². The number of anilines is 1. The Kier molecular flexibility index (Phi) is 6.54. The van der Waals surface area contributed by atoms with Crippen LogP contribution in [0.3, 0.4) is 0 Å². The Morgan fingerprint density at radius 2 is 1.90 bits per heavy atom. The zero-order chi connectivity index (χ0) is 22.0. The van der Waals surface area contributed by atoms with Crippen LogP contribution in [0.15, 0.2) is 40.2 Å². The Morgan fingerprint density at radius 3 is 2.65 bits per heavy atom. The van der Waals surface area contributed by atoms with Gasteiger partial charge in [0.1, 0.15) is 0 Å². The lowest BCUT2D eigenvalue weighted by molar-refractivity contribution is -0.113. The fourth-order valence-corrected chi connectivity index (χ4v) is 5.64. The monoisotopic (exact) mass is 469 g/mol. The topological polar surface area (TPSA) is 72.7 Å². The van der Waals surface area contributed by atoms with Crippen molar-refractivity contribution in [3.63, 3.8) is 0 Å². The summed E-state index contributed by atoms with van der Waals surface area (Å²) in [5, 5.41) is 17.0. The molecule has 0 saturated heterocycles. The van der Waals surface area contributed by atoms with E-state index in [1.54, 1.807) is 11.3 Å². The minimum atomic E-state index is -0.111. The van der Waals surface area contributed by atoms with E-state index in [-0.39, 0.29) is 11.7 Å². The molecule has 1 N–H and O–H groups in total. The highest BCUT2D eigenvalue weighted by Crippen LogP contribution is 2.32. The molecule has 4 rings (SSSR count). The van der Waals surface area contributed by atoms with E-state index in [2.05, 4.69) is 58.8 Å². The average Bonchev–Trinajstić information content (AvgIpc) is 3.46. The summed E-state index contributed by atoms with van der Waals surface area (Å²) in [4.78, 5) is 18.3. The van der Waals surface area contributed by atoms with Gasteiger partial charge in [0, 0.05) is 33.8 Å². The summed E-state index contributed by atoms with van der Waals surface area (Å²) in [6.07, 6.45) is 0.959. The van der Waals surface area contributed by atoms with Crippen LogP contribution in [-0.2, 0) is 18.3 Å². The highest BCUT2D eigenvalue weighted by Gasteiger charge is 2.17. The van der Waals surface area contributed by atoms with Gasteiger partial charge >= 0.3 is 0 Å². The van der Waals surface area contributed by atoms with Crippen molar-refractivity contribution >= 4 is 45.5 Å². The first-order valence-electron chi connectivity index (χ1n) is 9.88. The van der Waals surface area contributed by atoms with Crippen LogP contribution in [-0.4, -0.2) is 31.4 Å². The third-order valence-electron chi connectivity index (χ3n) is 4.96. The van der Waals surface area contributed by atoms with Gasteiger partial charge in [-0.2, -0.15) is 0 Å². The largest absolute Gasteiger partial charge is 0.305 e. The van der Waals surface area contributed by atoms with Gasteiger partial charge in [0.25, 0.3) is 0 Å². The van der Waals surface area contributed by atoms with E-state index in [9.17, 15) is 4.79 Å². The minimum absolute atomic E-state index is 0.111. The fourth-order valence-electron chi connectivity index (χ4n) is 3.25. The lowest BCUT2D eigenvalue weighted by atomic mass is 10.1. The first-order chi connectivity index (χ1) is 15.0. The molecule has 0 fully saturated rings. The molecule has 6 nitrogen and oxygen atoms in total. The Balaban J connectivity index is 1.38. The van der Waals surface area contributed by atoms with Crippen molar-refractivity contribution in [1.82, 2.24) is 19.7 Å². The molecule has 9 heteroatoms. The summed E-state index contributed by atoms with van der Waals surface area (Å²) in [6.45, 7) is 6.34. The number of carbonyl (C=O) groups excluding carboxylic acids is 1. The normalized spacial score (nSPS) is 11.1. The average molecular weight is 470 g/mol. The van der Waals surface area contributed by atoms with Crippen LogP contribution in [0.1, 0.15) is 22.9 Å². The van der Waals surface area contributed by atoms with Crippen LogP contribution in [0.25, 0.3) is 22.6 Å². The summed E-state index contributed by atoms with van der Waals surface area (Å²) in [5.41, 5.74) is 5.55. The molecule has 160 valence electrons. The molecule has 0 bridgehead atoms. The van der Waals surface area contributed by atoms with Crippen molar-refractivity contribution in [2.75, 3.05) is 11.1 Å². The number of nitrogens with one attached hydrogen (secondary N) is 1. The van der Waals surface area contributed by atoms with Gasteiger partial charge in [-0.25, -0.2) is 4.98 Å². The van der Waals surface area contributed by atoms with Crippen molar-refractivity contribution in [3.8, 4) is 22.6 Å². The molecule has 1 amide bonds. The number of thioether (sulfide) groups is 1. The number of carbonyl (C=O) groups is 1. The van der Waals surface area contributed by atoms with Gasteiger partial charge in [0.05, 0.1) is 11.4 Å². The molecular weight excluding hydrogens is 446 g/mol. The van der Waals surface area contributed by atoms with Gasteiger partial charge in [-0.1, -0.05) is 48.5 Å². The number of thiophene rings is 1. The highest BCUT2D eigenvalue weighted by molar-refractivity contribution is 7.99. The Bertz CT molecular complexity index is 1210. The maximum atomic E-state index is 12.4. The van der Waals surface area contributed by atoms with Crippen molar-refractivity contribution < 1.29 is 4.79 Å². The predicted octanol–water partition coefficient (Wildman–Crippen LogP) is 5.58. The molecule has 31 heavy (non-hydrogen) atoms. The third kappa shape index (κ3) is 4.73. The zero-order valence-corrected chi connectivity index (χ0v) is 20.2. The second-order valence-electron chi connectivity index (χ2n) is 7.14. The number of hydrogen-bond donors (Lipinski definition) is 1. The minimum Gasteiger partial charge on any atom is -0.305 e. The number of nitrogens with zero attached hydrogens (tertiary/aromatic N) is 4. The number of rotatable bonds is 7. The number of thiazole rings is 1. The molecule has 0 atom stereocenters. The number of hydrogen-bond acceptors (Lipinski definition) is 7. The van der Waals surface area contributed by atoms with Gasteiger partial charge in [-0.15, -0.1) is 32.9 Å². The van der Waals surface area contributed by atoms with Crippen LogP contribution in [0.5, 0.6) is 0 Å². The molecule has 4 aromatic rings. The SMILES string of the molecule is CCc1c(-c2nnc(SCC(=O)Nc3nc(-c4ccc(C)cc4)cs3)n2C)csc1C. The molecule has 0 unspecified atom stereocenters. The van der Waals surface area contributed by atoms with Crippen molar-refractivity contribution in [3.05, 3.63) is 51.0 Å². The lowest BCUT2D eigenvalue weighted by Crippen LogP contribution is -2.14. The number of amides is 1. The molecule has 0 saturated carbocycles. The molecule has 3 heterocycles. The van der Waals surface area contributed by atoms with Crippen LogP contribution in [0, 0.1) is 13.8 Å². The maximum Gasteiger partial charge on any atom is 0.236 e. The summed E-state index contributed by atoms with van der Waals surface area (Å²) >= 11 is 4.53. The summed E-state index contributed by atoms with van der Waals surface area (Å²) in [7, 11) is 1.94. The van der Waals surface area contributed by atoms with E-state index in [1.807, 2.05) is 29.1 Å². The predicted molar refractivity (Wildman–Crippen MR) is 130 cm³/mol. The molecule has 0 aliphatic heterocycles. The number of aromatic nitrogens is 4. The van der Waals surface area contributed by atoms with E-state index < -0.39 is 0 Å². The molecule has 1 aromatic carbocycles. The van der Waals surface area contributed by atoms with Gasteiger partial charge in [0.2, 0.25) is 5.91 Å². The van der Waals surface area contributed by atoms with E-state index in [0.29, 0.717) is 5.13 Å². The van der Waals surface area contributed by atoms with Crippen LogP contribution >= 0.6 is 34.4 Å². The van der Waals surface area contributed by atoms with Crippen molar-refractivity contribution in [2.24, 2.45) is 7.05 Å². The Labute approximate surface area is 193 Å². The van der Waals surface area contributed by atoms with E-state index >= 15 is 0 Å². The second kappa shape index (κ2) is 9.33. The van der Waals surface area contributed by atoms with Crippen LogP contribution in [0.4, 0.5) is 5.13 Å². The molecular formula is C22H23N5OS3. The molecule has 3 aromatic heterocycles. The third-order valence-corrected chi connectivity index (χ3v) is 7.69. The highest BCUT2D eigenvalue weighted by atomic mass is 32.2. The molecule has 0 radical (unpaired) electrons. The number of aryl methyl sites for hydroxylation is 2. The molecule has 0 aliphatic carbocycles. The van der Waals surface area contributed by atoms with Crippen molar-refractivity contribution in [2.45, 2.75) is 32.3 Å². The lowest BCUT2D eigenvalue weighted by Gasteiger charge is -2.05.